The van der Waals surface area contributed by atoms with Gasteiger partial charge in [0.25, 0.3) is 5.91 Å². The van der Waals surface area contributed by atoms with E-state index >= 15 is 0 Å². The average molecular weight is 342 g/mol. The lowest BCUT2D eigenvalue weighted by atomic mass is 10.1. The minimum atomic E-state index is -0.847. The van der Waals surface area contributed by atoms with Crippen molar-refractivity contribution in [2.75, 3.05) is 13.2 Å². The average Bonchev–Trinajstić information content (AvgIpc) is 3.16. The fourth-order valence-electron chi connectivity index (χ4n) is 1.80. The highest BCUT2D eigenvalue weighted by atomic mass is 79.9. The summed E-state index contributed by atoms with van der Waals surface area (Å²) in [5.41, 5.74) is 0.339. The summed E-state index contributed by atoms with van der Waals surface area (Å²) in [6, 6.07) is 5.57. The van der Waals surface area contributed by atoms with Gasteiger partial charge in [0, 0.05) is 6.54 Å². The standard InChI is InChI=1S/C14H16BrNO4/c1-9-2-3-11(10(15)6-9)20-7-12(17)16-8-14(4-5-14)13(18)19/h2-3,6H,4-5,7-8H2,1H3,(H,16,17)(H,18,19). The van der Waals surface area contributed by atoms with E-state index in [1.54, 1.807) is 6.07 Å². The van der Waals surface area contributed by atoms with Gasteiger partial charge >= 0.3 is 5.97 Å². The van der Waals surface area contributed by atoms with Crippen LogP contribution in [-0.2, 0) is 9.59 Å². The summed E-state index contributed by atoms with van der Waals surface area (Å²) in [6.07, 6.45) is 1.24. The number of aliphatic carboxylic acids is 1. The van der Waals surface area contributed by atoms with Crippen molar-refractivity contribution in [2.45, 2.75) is 19.8 Å². The monoisotopic (exact) mass is 341 g/mol. The molecule has 0 unspecified atom stereocenters. The largest absolute Gasteiger partial charge is 0.483 e. The third-order valence-corrected chi connectivity index (χ3v) is 4.00. The van der Waals surface area contributed by atoms with Crippen molar-refractivity contribution in [3.8, 4) is 5.75 Å². The number of carbonyl (C=O) groups excluding carboxylic acids is 1. The number of carbonyl (C=O) groups is 2. The zero-order valence-electron chi connectivity index (χ0n) is 11.1. The van der Waals surface area contributed by atoms with Crippen LogP contribution in [0.5, 0.6) is 5.75 Å². The van der Waals surface area contributed by atoms with E-state index < -0.39 is 11.4 Å². The molecule has 0 aromatic heterocycles. The van der Waals surface area contributed by atoms with Crippen molar-refractivity contribution in [1.29, 1.82) is 0 Å². The van der Waals surface area contributed by atoms with E-state index in [1.807, 2.05) is 19.1 Å². The number of aryl methyl sites for hydroxylation is 1. The van der Waals surface area contributed by atoms with Gasteiger partial charge in [-0.1, -0.05) is 6.07 Å². The number of rotatable bonds is 6. The first-order chi connectivity index (χ1) is 9.43. The summed E-state index contributed by atoms with van der Waals surface area (Å²) in [5.74, 6) is -0.574. The Morgan fingerprint density at radius 1 is 1.45 bits per heavy atom. The molecule has 0 aliphatic heterocycles. The molecule has 0 saturated heterocycles. The molecular weight excluding hydrogens is 326 g/mol. The topological polar surface area (TPSA) is 75.6 Å². The van der Waals surface area contributed by atoms with E-state index in [-0.39, 0.29) is 19.1 Å². The predicted molar refractivity (Wildman–Crippen MR) is 76.7 cm³/mol. The van der Waals surface area contributed by atoms with Crippen LogP contribution in [0.4, 0.5) is 0 Å². The third-order valence-electron chi connectivity index (χ3n) is 3.38. The zero-order chi connectivity index (χ0) is 14.8. The lowest BCUT2D eigenvalue weighted by Crippen LogP contribution is -2.36. The Morgan fingerprint density at radius 3 is 2.70 bits per heavy atom. The number of benzene rings is 1. The van der Waals surface area contributed by atoms with Crippen LogP contribution >= 0.6 is 15.9 Å². The molecule has 1 aromatic carbocycles. The van der Waals surface area contributed by atoms with Crippen LogP contribution in [0.25, 0.3) is 0 Å². The SMILES string of the molecule is Cc1ccc(OCC(=O)NCC2(C(=O)O)CC2)c(Br)c1. The Hall–Kier alpha value is -1.56. The molecule has 1 aromatic rings. The van der Waals surface area contributed by atoms with Gasteiger partial charge < -0.3 is 15.2 Å². The molecule has 6 heteroatoms. The Morgan fingerprint density at radius 2 is 2.15 bits per heavy atom. The lowest BCUT2D eigenvalue weighted by Gasteiger charge is -2.12. The van der Waals surface area contributed by atoms with E-state index in [0.29, 0.717) is 18.6 Å². The van der Waals surface area contributed by atoms with E-state index in [2.05, 4.69) is 21.2 Å². The van der Waals surface area contributed by atoms with Crippen molar-refractivity contribution >= 4 is 27.8 Å². The minimum absolute atomic E-state index is 0.128. The minimum Gasteiger partial charge on any atom is -0.483 e. The summed E-state index contributed by atoms with van der Waals surface area (Å²) < 4.78 is 6.18. The number of nitrogens with one attached hydrogen (secondary N) is 1. The number of hydrogen-bond acceptors (Lipinski definition) is 3. The van der Waals surface area contributed by atoms with Crippen LogP contribution in [0.15, 0.2) is 22.7 Å². The first-order valence-electron chi connectivity index (χ1n) is 6.32. The molecule has 0 heterocycles. The first kappa shape index (κ1) is 14.8. The van der Waals surface area contributed by atoms with E-state index in [4.69, 9.17) is 9.84 Å². The van der Waals surface area contributed by atoms with Crippen molar-refractivity contribution < 1.29 is 19.4 Å². The second-order valence-corrected chi connectivity index (χ2v) is 5.94. The molecule has 2 rings (SSSR count). The van der Waals surface area contributed by atoms with E-state index in [0.717, 1.165) is 10.0 Å². The Kier molecular flexibility index (Phi) is 4.32. The van der Waals surface area contributed by atoms with E-state index in [9.17, 15) is 9.59 Å². The quantitative estimate of drug-likeness (QED) is 0.830. The summed E-state index contributed by atoms with van der Waals surface area (Å²) in [5, 5.41) is 11.6. The predicted octanol–water partition coefficient (Wildman–Crippen LogP) is 2.12. The fourth-order valence-corrected chi connectivity index (χ4v) is 2.41. The van der Waals surface area contributed by atoms with Crippen LogP contribution in [-0.4, -0.2) is 30.1 Å². The first-order valence-corrected chi connectivity index (χ1v) is 7.11. The van der Waals surface area contributed by atoms with Gasteiger partial charge in [0.2, 0.25) is 0 Å². The van der Waals surface area contributed by atoms with Crippen molar-refractivity contribution in [3.05, 3.63) is 28.2 Å². The number of carboxylic acids is 1. The molecule has 0 atom stereocenters. The lowest BCUT2D eigenvalue weighted by molar-refractivity contribution is -0.143. The van der Waals surface area contributed by atoms with Crippen LogP contribution in [0.2, 0.25) is 0 Å². The zero-order valence-corrected chi connectivity index (χ0v) is 12.7. The summed E-state index contributed by atoms with van der Waals surface area (Å²) >= 11 is 3.36. The van der Waals surface area contributed by atoms with Gasteiger partial charge in [-0.2, -0.15) is 0 Å². The molecule has 0 radical (unpaired) electrons. The van der Waals surface area contributed by atoms with Crippen molar-refractivity contribution in [2.24, 2.45) is 5.41 Å². The highest BCUT2D eigenvalue weighted by Gasteiger charge is 2.50. The highest BCUT2D eigenvalue weighted by Crippen LogP contribution is 2.45. The molecule has 0 spiro atoms. The molecule has 2 N–H and O–H groups in total. The summed E-state index contributed by atoms with van der Waals surface area (Å²) in [7, 11) is 0. The normalized spacial score (nSPS) is 15.5. The van der Waals surface area contributed by atoms with Crippen LogP contribution in [0.3, 0.4) is 0 Å². The number of hydrogen-bond donors (Lipinski definition) is 2. The molecule has 1 aliphatic rings. The molecule has 1 amide bonds. The smallest absolute Gasteiger partial charge is 0.311 e. The molecule has 0 bridgehead atoms. The molecule has 1 aliphatic carbocycles. The Bertz CT molecular complexity index is 540. The summed E-state index contributed by atoms with van der Waals surface area (Å²) in [6.45, 7) is 2.00. The van der Waals surface area contributed by atoms with Crippen LogP contribution in [0.1, 0.15) is 18.4 Å². The Balaban J connectivity index is 1.79. The number of amides is 1. The van der Waals surface area contributed by atoms with Gasteiger partial charge in [-0.05, 0) is 53.4 Å². The molecule has 1 saturated carbocycles. The Labute approximate surface area is 125 Å². The van der Waals surface area contributed by atoms with Crippen LogP contribution < -0.4 is 10.1 Å². The maximum Gasteiger partial charge on any atom is 0.311 e. The summed E-state index contributed by atoms with van der Waals surface area (Å²) in [4.78, 5) is 22.6. The molecule has 5 nitrogen and oxygen atoms in total. The highest BCUT2D eigenvalue weighted by molar-refractivity contribution is 9.10. The van der Waals surface area contributed by atoms with Crippen molar-refractivity contribution in [1.82, 2.24) is 5.32 Å². The van der Waals surface area contributed by atoms with Gasteiger partial charge in [-0.15, -0.1) is 0 Å². The molecular formula is C14H16BrNO4. The maximum absolute atomic E-state index is 11.6. The number of halogens is 1. The number of carboxylic acid groups (broad SMARTS) is 1. The van der Waals surface area contributed by atoms with Crippen LogP contribution in [0, 0.1) is 12.3 Å². The van der Waals surface area contributed by atoms with Gasteiger partial charge in [0.1, 0.15) is 5.75 Å². The third kappa shape index (κ3) is 3.50. The molecule has 108 valence electrons. The molecule has 1 fully saturated rings. The second kappa shape index (κ2) is 5.83. The number of ether oxygens (including phenoxy) is 1. The maximum atomic E-state index is 11.6. The molecule has 20 heavy (non-hydrogen) atoms. The van der Waals surface area contributed by atoms with Gasteiger partial charge in [0.05, 0.1) is 9.89 Å². The van der Waals surface area contributed by atoms with E-state index in [1.165, 1.54) is 0 Å². The van der Waals surface area contributed by atoms with Gasteiger partial charge in [0.15, 0.2) is 6.61 Å². The van der Waals surface area contributed by atoms with Crippen molar-refractivity contribution in [3.63, 3.8) is 0 Å². The fraction of sp³-hybridized carbons (Fsp3) is 0.429. The van der Waals surface area contributed by atoms with Gasteiger partial charge in [-0.3, -0.25) is 9.59 Å². The second-order valence-electron chi connectivity index (χ2n) is 5.08. The van der Waals surface area contributed by atoms with Gasteiger partial charge in [-0.25, -0.2) is 0 Å².